The molecule has 0 radical (unpaired) electrons. The monoisotopic (exact) mass is 300 g/mol. The fourth-order valence-electron chi connectivity index (χ4n) is 2.15. The van der Waals surface area contributed by atoms with Crippen LogP contribution in [0.15, 0.2) is 48.5 Å². The highest BCUT2D eigenvalue weighted by molar-refractivity contribution is 6.02. The molecule has 2 amide bonds. The first-order chi connectivity index (χ1) is 10.7. The molecule has 0 spiro atoms. The van der Waals surface area contributed by atoms with Gasteiger partial charge in [-0.25, -0.2) is 4.79 Å². The minimum atomic E-state index is -0.222. The molecular formula is C17H20N2O3. The molecule has 116 valence electrons. The Hall–Kier alpha value is -2.69. The summed E-state index contributed by atoms with van der Waals surface area (Å²) in [6.07, 6.45) is 0. The summed E-state index contributed by atoms with van der Waals surface area (Å²) < 4.78 is 10.5. The minimum absolute atomic E-state index is 0.222. The van der Waals surface area contributed by atoms with Crippen LogP contribution in [0, 0.1) is 0 Å². The number of amides is 2. The molecule has 0 bridgehead atoms. The van der Waals surface area contributed by atoms with Gasteiger partial charge >= 0.3 is 6.03 Å². The highest BCUT2D eigenvalue weighted by Gasteiger charge is 2.16. The molecule has 0 aromatic heterocycles. The fraction of sp³-hybridized carbons (Fsp3) is 0.235. The van der Waals surface area contributed by atoms with Crippen LogP contribution in [0.1, 0.15) is 6.92 Å². The van der Waals surface area contributed by atoms with Crippen LogP contribution in [0.25, 0.3) is 0 Å². The van der Waals surface area contributed by atoms with Crippen LogP contribution in [0.2, 0.25) is 0 Å². The minimum Gasteiger partial charge on any atom is -0.497 e. The molecule has 5 heteroatoms. The molecule has 0 aliphatic heterocycles. The van der Waals surface area contributed by atoms with E-state index in [1.807, 2.05) is 37.3 Å². The summed E-state index contributed by atoms with van der Waals surface area (Å²) >= 11 is 0. The van der Waals surface area contributed by atoms with Gasteiger partial charge in [-0.3, -0.25) is 4.90 Å². The van der Waals surface area contributed by atoms with Crippen molar-refractivity contribution in [3.63, 3.8) is 0 Å². The summed E-state index contributed by atoms with van der Waals surface area (Å²) in [6.45, 7) is 2.48. The molecule has 0 aliphatic rings. The molecular weight excluding hydrogens is 280 g/mol. The Labute approximate surface area is 130 Å². The molecule has 0 saturated carbocycles. The highest BCUT2D eigenvalue weighted by atomic mass is 16.5. The molecule has 0 aliphatic carbocycles. The smallest absolute Gasteiger partial charge is 0.326 e. The lowest BCUT2D eigenvalue weighted by molar-refractivity contribution is 0.257. The van der Waals surface area contributed by atoms with Gasteiger partial charge in [0.15, 0.2) is 0 Å². The highest BCUT2D eigenvalue weighted by Crippen LogP contribution is 2.29. The average Bonchev–Trinajstić information content (AvgIpc) is 2.56. The molecule has 22 heavy (non-hydrogen) atoms. The quantitative estimate of drug-likeness (QED) is 0.914. The second kappa shape index (κ2) is 7.36. The van der Waals surface area contributed by atoms with E-state index in [0.29, 0.717) is 23.7 Å². The van der Waals surface area contributed by atoms with E-state index >= 15 is 0 Å². The zero-order valence-electron chi connectivity index (χ0n) is 13.0. The van der Waals surface area contributed by atoms with E-state index in [2.05, 4.69) is 5.32 Å². The van der Waals surface area contributed by atoms with E-state index < -0.39 is 0 Å². The van der Waals surface area contributed by atoms with E-state index in [9.17, 15) is 4.79 Å². The molecule has 0 fully saturated rings. The summed E-state index contributed by atoms with van der Waals surface area (Å²) in [5, 5.41) is 2.87. The first kappa shape index (κ1) is 15.7. The van der Waals surface area contributed by atoms with Crippen LogP contribution in [0.5, 0.6) is 11.5 Å². The zero-order valence-corrected chi connectivity index (χ0v) is 13.0. The Morgan fingerprint density at radius 1 is 1.09 bits per heavy atom. The predicted molar refractivity (Wildman–Crippen MR) is 88.0 cm³/mol. The molecule has 0 saturated heterocycles. The Kier molecular flexibility index (Phi) is 5.25. The third kappa shape index (κ3) is 3.49. The number of hydrogen-bond acceptors (Lipinski definition) is 3. The first-order valence-corrected chi connectivity index (χ1v) is 7.05. The van der Waals surface area contributed by atoms with Crippen molar-refractivity contribution in [2.45, 2.75) is 6.92 Å². The number of benzene rings is 2. The van der Waals surface area contributed by atoms with Gasteiger partial charge in [-0.1, -0.05) is 18.2 Å². The summed E-state index contributed by atoms with van der Waals surface area (Å²) in [7, 11) is 3.14. The van der Waals surface area contributed by atoms with Crippen molar-refractivity contribution < 1.29 is 14.3 Å². The Morgan fingerprint density at radius 3 is 2.41 bits per heavy atom. The normalized spacial score (nSPS) is 9.95. The van der Waals surface area contributed by atoms with Crippen molar-refractivity contribution in [2.75, 3.05) is 31.0 Å². The number of rotatable bonds is 5. The lowest BCUT2D eigenvalue weighted by Crippen LogP contribution is -2.34. The van der Waals surface area contributed by atoms with Gasteiger partial charge in [0.2, 0.25) is 0 Å². The second-order valence-electron chi connectivity index (χ2n) is 4.58. The van der Waals surface area contributed by atoms with Crippen molar-refractivity contribution in [1.29, 1.82) is 0 Å². The topological polar surface area (TPSA) is 50.8 Å². The van der Waals surface area contributed by atoms with Gasteiger partial charge in [0.1, 0.15) is 11.5 Å². The van der Waals surface area contributed by atoms with Crippen LogP contribution in [0.3, 0.4) is 0 Å². The van der Waals surface area contributed by atoms with Gasteiger partial charge in [-0.05, 0) is 31.2 Å². The maximum absolute atomic E-state index is 12.5. The van der Waals surface area contributed by atoms with Crippen molar-refractivity contribution in [2.24, 2.45) is 0 Å². The standard InChI is InChI=1S/C17H20N2O3/c1-4-19(13-8-6-5-7-9-13)17(20)18-15-12-14(21-2)10-11-16(15)22-3/h5-12H,4H2,1-3H3,(H,18,20). The van der Waals surface area contributed by atoms with Crippen LogP contribution in [-0.4, -0.2) is 26.8 Å². The summed E-state index contributed by atoms with van der Waals surface area (Å²) in [5.41, 5.74) is 1.41. The van der Waals surface area contributed by atoms with E-state index in [1.54, 1.807) is 37.3 Å². The lowest BCUT2D eigenvalue weighted by atomic mass is 10.2. The number of methoxy groups -OCH3 is 2. The maximum Gasteiger partial charge on any atom is 0.326 e. The van der Waals surface area contributed by atoms with Crippen molar-refractivity contribution >= 4 is 17.4 Å². The van der Waals surface area contributed by atoms with E-state index in [0.717, 1.165) is 5.69 Å². The molecule has 2 aromatic rings. The van der Waals surface area contributed by atoms with E-state index in [1.165, 1.54) is 0 Å². The van der Waals surface area contributed by atoms with Gasteiger partial charge in [-0.2, -0.15) is 0 Å². The fourth-order valence-corrected chi connectivity index (χ4v) is 2.15. The third-order valence-corrected chi connectivity index (χ3v) is 3.28. The Morgan fingerprint density at radius 2 is 1.82 bits per heavy atom. The number of ether oxygens (including phenoxy) is 2. The van der Waals surface area contributed by atoms with Crippen molar-refractivity contribution in [1.82, 2.24) is 0 Å². The maximum atomic E-state index is 12.5. The van der Waals surface area contributed by atoms with Crippen LogP contribution < -0.4 is 19.7 Å². The van der Waals surface area contributed by atoms with Crippen LogP contribution >= 0.6 is 0 Å². The van der Waals surface area contributed by atoms with E-state index in [4.69, 9.17) is 9.47 Å². The number of nitrogens with one attached hydrogen (secondary N) is 1. The van der Waals surface area contributed by atoms with Gasteiger partial charge in [0.05, 0.1) is 19.9 Å². The molecule has 2 rings (SSSR count). The van der Waals surface area contributed by atoms with Gasteiger partial charge < -0.3 is 14.8 Å². The molecule has 0 heterocycles. The lowest BCUT2D eigenvalue weighted by Gasteiger charge is -2.22. The average molecular weight is 300 g/mol. The van der Waals surface area contributed by atoms with Crippen LogP contribution in [-0.2, 0) is 0 Å². The Balaban J connectivity index is 2.23. The zero-order chi connectivity index (χ0) is 15.9. The van der Waals surface area contributed by atoms with E-state index in [-0.39, 0.29) is 6.03 Å². The molecule has 0 atom stereocenters. The number of para-hydroxylation sites is 1. The van der Waals surface area contributed by atoms with Crippen LogP contribution in [0.4, 0.5) is 16.2 Å². The van der Waals surface area contributed by atoms with Crippen molar-refractivity contribution in [3.8, 4) is 11.5 Å². The molecule has 1 N–H and O–H groups in total. The number of anilines is 2. The predicted octanol–water partition coefficient (Wildman–Crippen LogP) is 3.76. The number of carbonyl (C=O) groups excluding carboxylic acids is 1. The Bertz CT molecular complexity index is 629. The van der Waals surface area contributed by atoms with Gasteiger partial charge in [0.25, 0.3) is 0 Å². The molecule has 0 unspecified atom stereocenters. The van der Waals surface area contributed by atoms with Gasteiger partial charge in [0, 0.05) is 18.3 Å². The number of hydrogen-bond donors (Lipinski definition) is 1. The SMILES string of the molecule is CCN(C(=O)Nc1cc(OC)ccc1OC)c1ccccc1. The number of urea groups is 1. The summed E-state index contributed by atoms with van der Waals surface area (Å²) in [5.74, 6) is 1.23. The summed E-state index contributed by atoms with van der Waals surface area (Å²) in [6, 6.07) is 14.6. The van der Waals surface area contributed by atoms with Gasteiger partial charge in [-0.15, -0.1) is 0 Å². The number of nitrogens with zero attached hydrogens (tertiary/aromatic N) is 1. The second-order valence-corrected chi connectivity index (χ2v) is 4.58. The molecule has 5 nitrogen and oxygen atoms in total. The first-order valence-electron chi connectivity index (χ1n) is 7.05. The molecule has 2 aromatic carbocycles. The third-order valence-electron chi connectivity index (χ3n) is 3.28. The number of carbonyl (C=O) groups is 1. The summed E-state index contributed by atoms with van der Waals surface area (Å²) in [4.78, 5) is 14.2. The largest absolute Gasteiger partial charge is 0.497 e. The van der Waals surface area contributed by atoms with Crippen molar-refractivity contribution in [3.05, 3.63) is 48.5 Å².